The first kappa shape index (κ1) is 15.0. The van der Waals surface area contributed by atoms with Crippen LogP contribution in [-0.4, -0.2) is 41.6 Å². The molecule has 1 aromatic carbocycles. The van der Waals surface area contributed by atoms with Crippen molar-refractivity contribution in [2.75, 3.05) is 19.7 Å². The number of aliphatic hydroxyl groups is 2. The van der Waals surface area contributed by atoms with E-state index in [0.29, 0.717) is 13.1 Å². The summed E-state index contributed by atoms with van der Waals surface area (Å²) in [5.41, 5.74) is 0.283. The molecular formula is C14H23NO3. The van der Waals surface area contributed by atoms with Gasteiger partial charge in [-0.2, -0.15) is 0 Å². The summed E-state index contributed by atoms with van der Waals surface area (Å²) >= 11 is 0. The van der Waals surface area contributed by atoms with Gasteiger partial charge in [-0.3, -0.25) is 0 Å². The third-order valence-electron chi connectivity index (χ3n) is 2.46. The van der Waals surface area contributed by atoms with Crippen LogP contribution in [0.15, 0.2) is 24.3 Å². The second kappa shape index (κ2) is 6.73. The summed E-state index contributed by atoms with van der Waals surface area (Å²) in [6, 6.07) is 7.70. The van der Waals surface area contributed by atoms with Crippen molar-refractivity contribution in [3.05, 3.63) is 29.8 Å². The van der Waals surface area contributed by atoms with Crippen molar-refractivity contribution >= 4 is 0 Å². The Kier molecular flexibility index (Phi) is 5.59. The van der Waals surface area contributed by atoms with Gasteiger partial charge in [0.05, 0.1) is 5.60 Å². The number of aryl methyl sites for hydroxylation is 1. The Labute approximate surface area is 109 Å². The number of hydrogen-bond donors (Lipinski definition) is 3. The summed E-state index contributed by atoms with van der Waals surface area (Å²) in [5, 5.41) is 22.2. The molecule has 1 atom stereocenters. The van der Waals surface area contributed by atoms with Gasteiger partial charge in [-0.05, 0) is 32.4 Å². The largest absolute Gasteiger partial charge is 0.491 e. The summed E-state index contributed by atoms with van der Waals surface area (Å²) in [7, 11) is 0. The van der Waals surface area contributed by atoms with Gasteiger partial charge in [-0.15, -0.1) is 0 Å². The Balaban J connectivity index is 2.25. The fourth-order valence-corrected chi connectivity index (χ4v) is 1.51. The van der Waals surface area contributed by atoms with Crippen LogP contribution < -0.4 is 10.1 Å². The summed E-state index contributed by atoms with van der Waals surface area (Å²) in [5.74, 6) is 0.791. The third kappa shape index (κ3) is 6.00. The molecule has 1 rings (SSSR count). The molecule has 0 spiro atoms. The molecule has 0 saturated heterocycles. The third-order valence-corrected chi connectivity index (χ3v) is 2.46. The molecule has 4 nitrogen and oxygen atoms in total. The van der Waals surface area contributed by atoms with Crippen molar-refractivity contribution in [1.82, 2.24) is 5.32 Å². The molecule has 102 valence electrons. The molecule has 4 heteroatoms. The smallest absolute Gasteiger partial charge is 0.122 e. The Morgan fingerprint density at radius 2 is 2.00 bits per heavy atom. The number of para-hydroxylation sites is 1. The number of rotatable bonds is 7. The molecule has 0 fully saturated rings. The average molecular weight is 253 g/mol. The number of ether oxygens (including phenoxy) is 1. The van der Waals surface area contributed by atoms with Crippen LogP contribution in [0, 0.1) is 6.92 Å². The maximum Gasteiger partial charge on any atom is 0.122 e. The van der Waals surface area contributed by atoms with E-state index in [4.69, 9.17) is 4.74 Å². The number of aliphatic hydroxyl groups excluding tert-OH is 1. The molecule has 0 amide bonds. The molecule has 0 aliphatic rings. The quantitative estimate of drug-likeness (QED) is 0.681. The zero-order valence-electron chi connectivity index (χ0n) is 11.3. The molecule has 0 saturated carbocycles. The molecule has 3 N–H and O–H groups in total. The van der Waals surface area contributed by atoms with Crippen LogP contribution in [0.3, 0.4) is 0 Å². The topological polar surface area (TPSA) is 61.7 Å². The Hall–Kier alpha value is -1.10. The SMILES string of the molecule is Cc1ccccc1OCC(O)CNCC(C)(C)O. The van der Waals surface area contributed by atoms with Crippen LogP contribution in [0.1, 0.15) is 19.4 Å². The van der Waals surface area contributed by atoms with E-state index >= 15 is 0 Å². The van der Waals surface area contributed by atoms with E-state index in [1.54, 1.807) is 13.8 Å². The summed E-state index contributed by atoms with van der Waals surface area (Å²) in [6.07, 6.45) is -0.591. The summed E-state index contributed by atoms with van der Waals surface area (Å²) in [6.45, 7) is 6.48. The van der Waals surface area contributed by atoms with Gasteiger partial charge in [-0.1, -0.05) is 18.2 Å². The van der Waals surface area contributed by atoms with Gasteiger partial charge in [0.2, 0.25) is 0 Å². The molecule has 0 aliphatic heterocycles. The first-order valence-electron chi connectivity index (χ1n) is 6.18. The minimum atomic E-state index is -0.767. The lowest BCUT2D eigenvalue weighted by Crippen LogP contribution is -2.40. The number of nitrogens with one attached hydrogen (secondary N) is 1. The maximum atomic E-state index is 9.73. The standard InChI is InChI=1S/C14H23NO3/c1-11-6-4-5-7-13(11)18-9-12(16)8-15-10-14(2,3)17/h4-7,12,15-17H,8-10H2,1-3H3. The highest BCUT2D eigenvalue weighted by Crippen LogP contribution is 2.16. The second-order valence-electron chi connectivity index (χ2n) is 5.17. The van der Waals surface area contributed by atoms with Crippen molar-refractivity contribution in [2.45, 2.75) is 32.5 Å². The van der Waals surface area contributed by atoms with Gasteiger partial charge in [-0.25, -0.2) is 0 Å². The van der Waals surface area contributed by atoms with Crippen molar-refractivity contribution in [3.8, 4) is 5.75 Å². The van der Waals surface area contributed by atoms with Crippen molar-refractivity contribution in [1.29, 1.82) is 0 Å². The lowest BCUT2D eigenvalue weighted by Gasteiger charge is -2.19. The molecule has 18 heavy (non-hydrogen) atoms. The first-order chi connectivity index (χ1) is 8.38. The van der Waals surface area contributed by atoms with Crippen molar-refractivity contribution in [2.24, 2.45) is 0 Å². The second-order valence-corrected chi connectivity index (χ2v) is 5.17. The van der Waals surface area contributed by atoms with E-state index in [1.807, 2.05) is 31.2 Å². The van der Waals surface area contributed by atoms with Crippen LogP contribution in [0.25, 0.3) is 0 Å². The van der Waals surface area contributed by atoms with Crippen LogP contribution in [0.4, 0.5) is 0 Å². The number of hydrogen-bond acceptors (Lipinski definition) is 4. The summed E-state index contributed by atoms with van der Waals surface area (Å²) < 4.78 is 5.53. The molecule has 0 radical (unpaired) electrons. The summed E-state index contributed by atoms with van der Waals surface area (Å²) in [4.78, 5) is 0. The molecule has 0 heterocycles. The van der Waals surface area contributed by atoms with E-state index in [2.05, 4.69) is 5.32 Å². The van der Waals surface area contributed by atoms with E-state index in [0.717, 1.165) is 11.3 Å². The lowest BCUT2D eigenvalue weighted by molar-refractivity contribution is 0.0664. The monoisotopic (exact) mass is 253 g/mol. The highest BCUT2D eigenvalue weighted by molar-refractivity contribution is 5.31. The normalized spacial score (nSPS) is 13.4. The molecule has 0 bridgehead atoms. The van der Waals surface area contributed by atoms with Gasteiger partial charge in [0, 0.05) is 13.1 Å². The van der Waals surface area contributed by atoms with Gasteiger partial charge in [0.25, 0.3) is 0 Å². The first-order valence-corrected chi connectivity index (χ1v) is 6.18. The van der Waals surface area contributed by atoms with E-state index in [9.17, 15) is 10.2 Å². The fraction of sp³-hybridized carbons (Fsp3) is 0.571. The fourth-order valence-electron chi connectivity index (χ4n) is 1.51. The highest BCUT2D eigenvalue weighted by Gasteiger charge is 2.13. The highest BCUT2D eigenvalue weighted by atomic mass is 16.5. The lowest BCUT2D eigenvalue weighted by atomic mass is 10.1. The zero-order chi connectivity index (χ0) is 13.6. The zero-order valence-corrected chi connectivity index (χ0v) is 11.3. The van der Waals surface area contributed by atoms with Crippen LogP contribution in [0.5, 0.6) is 5.75 Å². The van der Waals surface area contributed by atoms with Gasteiger partial charge < -0.3 is 20.3 Å². The minimum Gasteiger partial charge on any atom is -0.491 e. The van der Waals surface area contributed by atoms with Crippen molar-refractivity contribution in [3.63, 3.8) is 0 Å². The Morgan fingerprint density at radius 3 is 2.61 bits per heavy atom. The Morgan fingerprint density at radius 1 is 1.33 bits per heavy atom. The predicted molar refractivity (Wildman–Crippen MR) is 71.8 cm³/mol. The van der Waals surface area contributed by atoms with Crippen molar-refractivity contribution < 1.29 is 14.9 Å². The molecule has 1 unspecified atom stereocenters. The van der Waals surface area contributed by atoms with Gasteiger partial charge in [0.15, 0.2) is 0 Å². The van der Waals surface area contributed by atoms with Crippen LogP contribution in [-0.2, 0) is 0 Å². The maximum absolute atomic E-state index is 9.73. The van der Waals surface area contributed by atoms with Gasteiger partial charge in [0.1, 0.15) is 18.5 Å². The van der Waals surface area contributed by atoms with E-state index in [-0.39, 0.29) is 6.61 Å². The van der Waals surface area contributed by atoms with Crippen LogP contribution >= 0.6 is 0 Å². The van der Waals surface area contributed by atoms with Crippen LogP contribution in [0.2, 0.25) is 0 Å². The average Bonchev–Trinajstić information content (AvgIpc) is 2.26. The van der Waals surface area contributed by atoms with E-state index < -0.39 is 11.7 Å². The molecule has 0 aliphatic carbocycles. The minimum absolute atomic E-state index is 0.240. The molecule has 1 aromatic rings. The number of benzene rings is 1. The predicted octanol–water partition coefficient (Wildman–Crippen LogP) is 1.10. The molecule has 0 aromatic heterocycles. The molecular weight excluding hydrogens is 230 g/mol. The van der Waals surface area contributed by atoms with E-state index in [1.165, 1.54) is 0 Å². The van der Waals surface area contributed by atoms with Gasteiger partial charge >= 0.3 is 0 Å². The Bertz CT molecular complexity index is 360.